The average molecular weight is 222 g/mol. The van der Waals surface area contributed by atoms with Crippen molar-refractivity contribution in [3.05, 3.63) is 17.7 Å². The van der Waals surface area contributed by atoms with Crippen molar-refractivity contribution in [1.29, 1.82) is 0 Å². The standard InChI is InChI=1S/C12H18N2O2/c15-7-11-3-1-2-10-6-13-12(14(10)11)9-4-5-16-8-9/h6,9,11,15H,1-5,7-8H2. The minimum atomic E-state index is 0.226. The molecule has 1 aromatic rings. The Balaban J connectivity index is 1.96. The normalized spacial score (nSPS) is 29.3. The van der Waals surface area contributed by atoms with Gasteiger partial charge in [-0.05, 0) is 25.7 Å². The van der Waals surface area contributed by atoms with Crippen LogP contribution in [0.2, 0.25) is 0 Å². The molecule has 3 heterocycles. The van der Waals surface area contributed by atoms with Crippen LogP contribution in [0.5, 0.6) is 0 Å². The summed E-state index contributed by atoms with van der Waals surface area (Å²) in [6.45, 7) is 1.86. The summed E-state index contributed by atoms with van der Waals surface area (Å²) in [5.74, 6) is 1.56. The van der Waals surface area contributed by atoms with E-state index >= 15 is 0 Å². The van der Waals surface area contributed by atoms with E-state index in [1.807, 2.05) is 6.20 Å². The van der Waals surface area contributed by atoms with Gasteiger partial charge in [-0.15, -0.1) is 0 Å². The summed E-state index contributed by atoms with van der Waals surface area (Å²) in [7, 11) is 0. The second-order valence-corrected chi connectivity index (χ2v) is 4.77. The number of aliphatic hydroxyl groups excluding tert-OH is 1. The predicted octanol–water partition coefficient (Wildman–Crippen LogP) is 1.26. The molecule has 1 aromatic heterocycles. The first kappa shape index (κ1) is 10.3. The molecular formula is C12H18N2O2. The Kier molecular flexibility index (Phi) is 2.69. The van der Waals surface area contributed by atoms with Gasteiger partial charge in [-0.1, -0.05) is 0 Å². The number of aryl methyl sites for hydroxylation is 1. The highest BCUT2D eigenvalue weighted by atomic mass is 16.5. The summed E-state index contributed by atoms with van der Waals surface area (Å²) in [5, 5.41) is 9.44. The van der Waals surface area contributed by atoms with E-state index in [9.17, 15) is 5.11 Å². The Morgan fingerprint density at radius 1 is 1.50 bits per heavy atom. The highest BCUT2D eigenvalue weighted by molar-refractivity contribution is 5.14. The van der Waals surface area contributed by atoms with Gasteiger partial charge in [-0.3, -0.25) is 0 Å². The molecule has 1 saturated heterocycles. The van der Waals surface area contributed by atoms with Crippen LogP contribution in [0.4, 0.5) is 0 Å². The van der Waals surface area contributed by atoms with Crippen LogP contribution in [0.15, 0.2) is 6.20 Å². The lowest BCUT2D eigenvalue weighted by molar-refractivity contribution is 0.186. The third-order valence-corrected chi connectivity index (χ3v) is 3.74. The lowest BCUT2D eigenvalue weighted by Crippen LogP contribution is -2.23. The number of fused-ring (bicyclic) bond motifs is 1. The largest absolute Gasteiger partial charge is 0.394 e. The third-order valence-electron chi connectivity index (χ3n) is 3.74. The smallest absolute Gasteiger partial charge is 0.114 e. The molecule has 1 N–H and O–H groups in total. The number of nitrogens with zero attached hydrogens (tertiary/aromatic N) is 2. The van der Waals surface area contributed by atoms with Crippen molar-refractivity contribution < 1.29 is 9.84 Å². The van der Waals surface area contributed by atoms with Crippen LogP contribution in [-0.4, -0.2) is 34.5 Å². The van der Waals surface area contributed by atoms with E-state index in [2.05, 4.69) is 9.55 Å². The number of ether oxygens (including phenoxy) is 1. The van der Waals surface area contributed by atoms with Crippen molar-refractivity contribution in [2.75, 3.05) is 19.8 Å². The van der Waals surface area contributed by atoms with Gasteiger partial charge < -0.3 is 14.4 Å². The summed E-state index contributed by atoms with van der Waals surface area (Å²) in [4.78, 5) is 4.55. The molecule has 0 amide bonds. The topological polar surface area (TPSA) is 47.3 Å². The summed E-state index contributed by atoms with van der Waals surface area (Å²) in [5.41, 5.74) is 1.28. The van der Waals surface area contributed by atoms with Crippen LogP contribution in [-0.2, 0) is 11.2 Å². The van der Waals surface area contributed by atoms with Crippen LogP contribution < -0.4 is 0 Å². The maximum Gasteiger partial charge on any atom is 0.114 e. The Hall–Kier alpha value is -0.870. The Morgan fingerprint density at radius 2 is 2.44 bits per heavy atom. The molecular weight excluding hydrogens is 204 g/mol. The molecule has 2 aliphatic heterocycles. The second kappa shape index (κ2) is 4.18. The fourth-order valence-electron chi connectivity index (χ4n) is 2.88. The van der Waals surface area contributed by atoms with E-state index in [1.54, 1.807) is 0 Å². The monoisotopic (exact) mass is 222 g/mol. The van der Waals surface area contributed by atoms with E-state index in [4.69, 9.17) is 4.74 Å². The average Bonchev–Trinajstić information content (AvgIpc) is 2.96. The van der Waals surface area contributed by atoms with E-state index in [1.165, 1.54) is 5.69 Å². The first-order valence-electron chi connectivity index (χ1n) is 6.14. The van der Waals surface area contributed by atoms with Gasteiger partial charge in [0.25, 0.3) is 0 Å². The van der Waals surface area contributed by atoms with Crippen LogP contribution in [0.1, 0.15) is 42.7 Å². The highest BCUT2D eigenvalue weighted by Crippen LogP contribution is 2.32. The molecule has 4 heteroatoms. The van der Waals surface area contributed by atoms with Gasteiger partial charge in [0.05, 0.1) is 19.3 Å². The molecule has 2 unspecified atom stereocenters. The van der Waals surface area contributed by atoms with Crippen molar-refractivity contribution in [2.24, 2.45) is 0 Å². The van der Waals surface area contributed by atoms with Crippen molar-refractivity contribution >= 4 is 0 Å². The Bertz CT molecular complexity index is 369. The van der Waals surface area contributed by atoms with Crippen LogP contribution in [0, 0.1) is 0 Å². The molecule has 2 aliphatic rings. The molecule has 88 valence electrons. The van der Waals surface area contributed by atoms with Gasteiger partial charge in [-0.2, -0.15) is 0 Å². The molecule has 0 spiro atoms. The lowest BCUT2D eigenvalue weighted by Gasteiger charge is -2.27. The molecule has 2 atom stereocenters. The van der Waals surface area contributed by atoms with Gasteiger partial charge in [0.15, 0.2) is 0 Å². The van der Waals surface area contributed by atoms with Gasteiger partial charge in [0, 0.05) is 24.4 Å². The molecule has 0 bridgehead atoms. The SMILES string of the molecule is OCC1CCCc2cnc(C3CCOC3)n21. The van der Waals surface area contributed by atoms with E-state index < -0.39 is 0 Å². The van der Waals surface area contributed by atoms with Crippen LogP contribution >= 0.6 is 0 Å². The summed E-state index contributed by atoms with van der Waals surface area (Å²) in [6.07, 6.45) is 6.37. The molecule has 3 rings (SSSR count). The molecule has 1 fully saturated rings. The molecule has 0 radical (unpaired) electrons. The zero-order chi connectivity index (χ0) is 11.0. The fourth-order valence-corrected chi connectivity index (χ4v) is 2.88. The number of aliphatic hydroxyl groups is 1. The number of imidazole rings is 1. The van der Waals surface area contributed by atoms with Gasteiger partial charge in [0.1, 0.15) is 5.82 Å². The van der Waals surface area contributed by atoms with Gasteiger partial charge in [-0.25, -0.2) is 4.98 Å². The van der Waals surface area contributed by atoms with Crippen molar-refractivity contribution in [3.8, 4) is 0 Å². The molecule has 0 aromatic carbocycles. The minimum Gasteiger partial charge on any atom is -0.394 e. The van der Waals surface area contributed by atoms with E-state index in [0.29, 0.717) is 5.92 Å². The third kappa shape index (κ3) is 1.57. The number of hydrogen-bond donors (Lipinski definition) is 1. The van der Waals surface area contributed by atoms with Crippen molar-refractivity contribution in [1.82, 2.24) is 9.55 Å². The highest BCUT2D eigenvalue weighted by Gasteiger charge is 2.28. The van der Waals surface area contributed by atoms with Gasteiger partial charge in [0.2, 0.25) is 0 Å². The quantitative estimate of drug-likeness (QED) is 0.819. The van der Waals surface area contributed by atoms with Crippen molar-refractivity contribution in [2.45, 2.75) is 37.6 Å². The van der Waals surface area contributed by atoms with Crippen LogP contribution in [0.25, 0.3) is 0 Å². The number of hydrogen-bond acceptors (Lipinski definition) is 3. The minimum absolute atomic E-state index is 0.226. The first-order chi connectivity index (χ1) is 7.90. The summed E-state index contributed by atoms with van der Waals surface area (Å²) < 4.78 is 7.69. The first-order valence-corrected chi connectivity index (χ1v) is 6.14. The van der Waals surface area contributed by atoms with Crippen LogP contribution in [0.3, 0.4) is 0 Å². The zero-order valence-electron chi connectivity index (χ0n) is 9.43. The summed E-state index contributed by atoms with van der Waals surface area (Å²) in [6, 6.07) is 0.238. The maximum absolute atomic E-state index is 9.44. The number of aromatic nitrogens is 2. The van der Waals surface area contributed by atoms with Gasteiger partial charge >= 0.3 is 0 Å². The fraction of sp³-hybridized carbons (Fsp3) is 0.750. The molecule has 0 saturated carbocycles. The zero-order valence-corrected chi connectivity index (χ0v) is 9.43. The molecule has 0 aliphatic carbocycles. The second-order valence-electron chi connectivity index (χ2n) is 4.77. The van der Waals surface area contributed by atoms with E-state index in [0.717, 1.165) is 44.7 Å². The number of rotatable bonds is 2. The molecule has 16 heavy (non-hydrogen) atoms. The Labute approximate surface area is 95.3 Å². The van der Waals surface area contributed by atoms with E-state index in [-0.39, 0.29) is 12.6 Å². The Morgan fingerprint density at radius 3 is 3.19 bits per heavy atom. The predicted molar refractivity (Wildman–Crippen MR) is 59.5 cm³/mol. The lowest BCUT2D eigenvalue weighted by atomic mass is 10.0. The van der Waals surface area contributed by atoms with Crippen molar-refractivity contribution in [3.63, 3.8) is 0 Å². The maximum atomic E-state index is 9.44. The summed E-state index contributed by atoms with van der Waals surface area (Å²) >= 11 is 0. The molecule has 4 nitrogen and oxygen atoms in total.